The number of aromatic nitrogens is 1. The van der Waals surface area contributed by atoms with Crippen LogP contribution in [-0.4, -0.2) is 29.5 Å². The molecule has 0 fully saturated rings. The number of nitrogens with one attached hydrogen (secondary N) is 2. The van der Waals surface area contributed by atoms with E-state index in [1.54, 1.807) is 36.4 Å². The fourth-order valence-electron chi connectivity index (χ4n) is 2.62. The van der Waals surface area contributed by atoms with Gasteiger partial charge in [-0.05, 0) is 48.5 Å². The van der Waals surface area contributed by atoms with Crippen LogP contribution in [0.2, 0.25) is 0 Å². The van der Waals surface area contributed by atoms with Crippen molar-refractivity contribution in [3.63, 3.8) is 0 Å². The number of amides is 2. The zero-order valence-electron chi connectivity index (χ0n) is 16.0. The number of carbonyl (C=O) groups is 2. The number of ether oxygens (including phenoxy) is 1. The van der Waals surface area contributed by atoms with Gasteiger partial charge in [0.25, 0.3) is 5.91 Å². The van der Waals surface area contributed by atoms with Crippen LogP contribution in [0, 0.1) is 11.8 Å². The van der Waals surface area contributed by atoms with Gasteiger partial charge in [-0.2, -0.15) is 0 Å². The Kier molecular flexibility index (Phi) is 6.69. The van der Waals surface area contributed by atoms with E-state index in [0.717, 1.165) is 5.69 Å². The number of carbonyl (C=O) groups excluding carboxylic acids is 2. The van der Waals surface area contributed by atoms with Gasteiger partial charge in [0, 0.05) is 42.3 Å². The van der Waals surface area contributed by atoms with Gasteiger partial charge in [0.05, 0.1) is 6.54 Å². The first-order valence-electron chi connectivity index (χ1n) is 9.09. The lowest BCUT2D eigenvalue weighted by atomic mass is 10.2. The highest BCUT2D eigenvalue weighted by Crippen LogP contribution is 2.17. The van der Waals surface area contributed by atoms with Crippen molar-refractivity contribution in [1.82, 2.24) is 9.88 Å². The highest BCUT2D eigenvalue weighted by molar-refractivity contribution is 5.94. The smallest absolute Gasteiger partial charge is 0.252 e. The molecule has 0 saturated carbocycles. The average molecular weight is 387 g/mol. The van der Waals surface area contributed by atoms with Crippen LogP contribution in [0.1, 0.15) is 17.3 Å². The van der Waals surface area contributed by atoms with Gasteiger partial charge in [-0.1, -0.05) is 17.9 Å². The third-order valence-electron chi connectivity index (χ3n) is 3.96. The lowest BCUT2D eigenvalue weighted by molar-refractivity contribution is -0.114. The molecule has 0 unspecified atom stereocenters. The summed E-state index contributed by atoms with van der Waals surface area (Å²) in [5.74, 6) is 6.00. The lowest BCUT2D eigenvalue weighted by Gasteiger charge is -2.06. The molecule has 146 valence electrons. The Morgan fingerprint density at radius 1 is 1.00 bits per heavy atom. The fourth-order valence-corrected chi connectivity index (χ4v) is 2.62. The van der Waals surface area contributed by atoms with Crippen LogP contribution in [0.5, 0.6) is 5.75 Å². The van der Waals surface area contributed by atoms with E-state index in [2.05, 4.69) is 22.5 Å². The summed E-state index contributed by atoms with van der Waals surface area (Å²) in [7, 11) is 0. The molecule has 3 rings (SSSR count). The minimum atomic E-state index is -0.178. The van der Waals surface area contributed by atoms with Crippen LogP contribution in [0.15, 0.2) is 73.1 Å². The SMILES string of the molecule is CC(=O)Nc1cccc(OCC#CCNC(=O)c2ccc(-n3cccc3)cc2)c1. The predicted molar refractivity (Wildman–Crippen MR) is 112 cm³/mol. The van der Waals surface area contributed by atoms with Gasteiger partial charge in [-0.15, -0.1) is 0 Å². The molecule has 0 aliphatic heterocycles. The second-order valence-corrected chi connectivity index (χ2v) is 6.17. The van der Waals surface area contributed by atoms with E-state index < -0.39 is 0 Å². The Bertz CT molecular complexity index is 1030. The Labute approximate surface area is 169 Å². The van der Waals surface area contributed by atoms with Crippen molar-refractivity contribution in [2.75, 3.05) is 18.5 Å². The van der Waals surface area contributed by atoms with E-state index in [-0.39, 0.29) is 25.0 Å². The summed E-state index contributed by atoms with van der Waals surface area (Å²) in [6, 6.07) is 18.3. The molecule has 0 saturated heterocycles. The summed E-state index contributed by atoms with van der Waals surface area (Å²) >= 11 is 0. The van der Waals surface area contributed by atoms with Crippen LogP contribution >= 0.6 is 0 Å². The van der Waals surface area contributed by atoms with Gasteiger partial charge >= 0.3 is 0 Å². The summed E-state index contributed by atoms with van der Waals surface area (Å²) in [4.78, 5) is 23.2. The molecule has 29 heavy (non-hydrogen) atoms. The normalized spacial score (nSPS) is 9.83. The Balaban J connectivity index is 1.43. The van der Waals surface area contributed by atoms with Crippen molar-refractivity contribution >= 4 is 17.5 Å². The Morgan fingerprint density at radius 3 is 2.48 bits per heavy atom. The highest BCUT2D eigenvalue weighted by Gasteiger charge is 2.04. The van der Waals surface area contributed by atoms with Gasteiger partial charge in [0.15, 0.2) is 0 Å². The molecule has 6 nitrogen and oxygen atoms in total. The molecule has 1 heterocycles. The van der Waals surface area contributed by atoms with E-state index in [4.69, 9.17) is 4.74 Å². The van der Waals surface area contributed by atoms with Crippen molar-refractivity contribution in [1.29, 1.82) is 0 Å². The molecule has 0 aliphatic carbocycles. The number of anilines is 1. The summed E-state index contributed by atoms with van der Waals surface area (Å²) < 4.78 is 7.50. The molecule has 1 aromatic heterocycles. The Hall–Kier alpha value is -3.98. The number of nitrogens with zero attached hydrogens (tertiary/aromatic N) is 1. The maximum Gasteiger partial charge on any atom is 0.252 e. The van der Waals surface area contributed by atoms with Crippen LogP contribution < -0.4 is 15.4 Å². The molecule has 2 amide bonds. The van der Waals surface area contributed by atoms with Crippen molar-refractivity contribution in [3.05, 3.63) is 78.6 Å². The predicted octanol–water partition coefficient (Wildman–Crippen LogP) is 3.25. The standard InChI is InChI=1S/C23H21N3O3/c1-18(27)25-20-7-6-8-22(17-20)29-16-5-2-13-24-23(28)19-9-11-21(12-10-19)26-14-3-4-15-26/h3-4,6-12,14-15,17H,13,16H2,1H3,(H,24,28)(H,25,27). The molecular formula is C23H21N3O3. The molecule has 0 atom stereocenters. The first kappa shape index (κ1) is 19.8. The zero-order valence-corrected chi connectivity index (χ0v) is 16.0. The summed E-state index contributed by atoms with van der Waals surface area (Å²) in [5, 5.41) is 5.45. The second kappa shape index (κ2) is 9.81. The molecule has 0 aliphatic rings. The second-order valence-electron chi connectivity index (χ2n) is 6.17. The van der Waals surface area contributed by atoms with Crippen molar-refractivity contribution in [3.8, 4) is 23.3 Å². The highest BCUT2D eigenvalue weighted by atomic mass is 16.5. The summed E-state index contributed by atoms with van der Waals surface area (Å²) in [5.41, 5.74) is 2.23. The van der Waals surface area contributed by atoms with Crippen LogP contribution in [-0.2, 0) is 4.79 Å². The number of benzene rings is 2. The number of rotatable bonds is 6. The van der Waals surface area contributed by atoms with Gasteiger partial charge in [-0.25, -0.2) is 0 Å². The first-order valence-corrected chi connectivity index (χ1v) is 9.09. The quantitative estimate of drug-likeness (QED) is 0.638. The topological polar surface area (TPSA) is 72.4 Å². The minimum absolute atomic E-state index is 0.142. The van der Waals surface area contributed by atoms with E-state index in [1.165, 1.54) is 6.92 Å². The Morgan fingerprint density at radius 2 is 1.76 bits per heavy atom. The fraction of sp³-hybridized carbons (Fsp3) is 0.130. The van der Waals surface area contributed by atoms with Gasteiger partial charge in [0.1, 0.15) is 12.4 Å². The van der Waals surface area contributed by atoms with Crippen molar-refractivity contribution in [2.24, 2.45) is 0 Å². The van der Waals surface area contributed by atoms with Crippen LogP contribution in [0.25, 0.3) is 5.69 Å². The average Bonchev–Trinajstić information content (AvgIpc) is 3.25. The van der Waals surface area contributed by atoms with E-state index in [0.29, 0.717) is 17.0 Å². The molecule has 2 N–H and O–H groups in total. The summed E-state index contributed by atoms with van der Waals surface area (Å²) in [6.45, 7) is 1.86. The molecular weight excluding hydrogens is 366 g/mol. The van der Waals surface area contributed by atoms with E-state index in [1.807, 2.05) is 41.2 Å². The number of hydrogen-bond acceptors (Lipinski definition) is 3. The van der Waals surface area contributed by atoms with E-state index in [9.17, 15) is 9.59 Å². The molecule has 2 aromatic carbocycles. The first-order chi connectivity index (χ1) is 14.1. The third kappa shape index (κ3) is 6.01. The molecule has 0 bridgehead atoms. The molecule has 0 spiro atoms. The maximum atomic E-state index is 12.2. The maximum absolute atomic E-state index is 12.2. The largest absolute Gasteiger partial charge is 0.481 e. The van der Waals surface area contributed by atoms with Crippen LogP contribution in [0.4, 0.5) is 5.69 Å². The monoisotopic (exact) mass is 387 g/mol. The summed E-state index contributed by atoms with van der Waals surface area (Å²) in [6.07, 6.45) is 3.89. The zero-order chi connectivity index (χ0) is 20.5. The third-order valence-corrected chi connectivity index (χ3v) is 3.96. The van der Waals surface area contributed by atoms with Gasteiger partial charge < -0.3 is 19.9 Å². The van der Waals surface area contributed by atoms with Gasteiger partial charge in [0.2, 0.25) is 5.91 Å². The molecule has 0 radical (unpaired) electrons. The van der Waals surface area contributed by atoms with Gasteiger partial charge in [-0.3, -0.25) is 9.59 Å². The molecule has 6 heteroatoms. The van der Waals surface area contributed by atoms with Crippen LogP contribution in [0.3, 0.4) is 0 Å². The molecule has 3 aromatic rings. The number of hydrogen-bond donors (Lipinski definition) is 2. The van der Waals surface area contributed by atoms with Crippen molar-refractivity contribution in [2.45, 2.75) is 6.92 Å². The lowest BCUT2D eigenvalue weighted by Crippen LogP contribution is -2.23. The van der Waals surface area contributed by atoms with E-state index >= 15 is 0 Å². The minimum Gasteiger partial charge on any atom is -0.481 e. The van der Waals surface area contributed by atoms with Crippen molar-refractivity contribution < 1.29 is 14.3 Å².